The van der Waals surface area contributed by atoms with Crippen molar-refractivity contribution >= 4 is 5.91 Å². The van der Waals surface area contributed by atoms with Gasteiger partial charge in [-0.05, 0) is 19.3 Å². The van der Waals surface area contributed by atoms with Crippen LogP contribution in [0.15, 0.2) is 4.42 Å². The molecule has 2 fully saturated rings. The Balaban J connectivity index is 1.57. The summed E-state index contributed by atoms with van der Waals surface area (Å²) >= 11 is 0. The number of aromatic nitrogens is 2. The first kappa shape index (κ1) is 17.2. The molecule has 0 saturated carbocycles. The summed E-state index contributed by atoms with van der Waals surface area (Å²) in [6.45, 7) is 2.67. The van der Waals surface area contributed by atoms with Crippen LogP contribution in [0.3, 0.4) is 0 Å². The van der Waals surface area contributed by atoms with Gasteiger partial charge in [-0.2, -0.15) is 13.2 Å². The molecule has 0 bridgehead atoms. The predicted molar refractivity (Wildman–Crippen MR) is 74.7 cm³/mol. The van der Waals surface area contributed by atoms with Crippen LogP contribution in [0, 0.1) is 0 Å². The van der Waals surface area contributed by atoms with Gasteiger partial charge in [0, 0.05) is 26.2 Å². The van der Waals surface area contributed by atoms with Crippen LogP contribution in [-0.2, 0) is 22.3 Å². The van der Waals surface area contributed by atoms with E-state index in [0.29, 0.717) is 19.7 Å². The fourth-order valence-corrected chi connectivity index (χ4v) is 2.94. The van der Waals surface area contributed by atoms with Crippen molar-refractivity contribution < 1.29 is 27.1 Å². The third kappa shape index (κ3) is 4.04. The van der Waals surface area contributed by atoms with Gasteiger partial charge in [0.05, 0.1) is 13.2 Å². The van der Waals surface area contributed by atoms with Gasteiger partial charge in [0.25, 0.3) is 5.91 Å². The number of halogens is 3. The number of piperidine rings is 1. The topological polar surface area (TPSA) is 71.7 Å². The second kappa shape index (κ2) is 7.06. The van der Waals surface area contributed by atoms with Gasteiger partial charge in [-0.1, -0.05) is 0 Å². The van der Waals surface area contributed by atoms with Crippen molar-refractivity contribution in [1.82, 2.24) is 20.0 Å². The fraction of sp³-hybridized carbons (Fsp3) is 0.786. The summed E-state index contributed by atoms with van der Waals surface area (Å²) in [4.78, 5) is 16.1. The van der Waals surface area contributed by atoms with Gasteiger partial charge in [-0.15, -0.1) is 10.2 Å². The van der Waals surface area contributed by atoms with E-state index in [0.717, 1.165) is 32.4 Å². The Kier molecular flexibility index (Phi) is 5.04. The third-order valence-corrected chi connectivity index (χ3v) is 4.16. The Bertz CT molecular complexity index is 572. The van der Waals surface area contributed by atoms with Crippen molar-refractivity contribution in [2.75, 3.05) is 32.8 Å². The van der Waals surface area contributed by atoms with Crippen LogP contribution in [0.5, 0.6) is 0 Å². The molecule has 0 aromatic carbocycles. The molecule has 1 atom stereocenters. The van der Waals surface area contributed by atoms with E-state index in [2.05, 4.69) is 14.6 Å². The average molecular weight is 348 g/mol. The third-order valence-electron chi connectivity index (χ3n) is 4.16. The number of hydrogen-bond donors (Lipinski definition) is 0. The summed E-state index contributed by atoms with van der Waals surface area (Å²) in [5, 5.41) is 6.43. The molecule has 10 heteroatoms. The Morgan fingerprint density at radius 1 is 1.17 bits per heavy atom. The Morgan fingerprint density at radius 2 is 1.92 bits per heavy atom. The van der Waals surface area contributed by atoms with E-state index in [1.54, 1.807) is 9.80 Å². The second-order valence-corrected chi connectivity index (χ2v) is 5.98. The molecule has 1 aromatic heterocycles. The molecule has 1 amide bonds. The van der Waals surface area contributed by atoms with Crippen molar-refractivity contribution in [1.29, 1.82) is 0 Å². The molecule has 2 aliphatic heterocycles. The molecule has 0 spiro atoms. The van der Waals surface area contributed by atoms with Gasteiger partial charge in [0.2, 0.25) is 5.89 Å². The van der Waals surface area contributed by atoms with Crippen LogP contribution in [0.2, 0.25) is 0 Å². The lowest BCUT2D eigenvalue weighted by molar-refractivity contribution is -0.158. The van der Waals surface area contributed by atoms with E-state index >= 15 is 0 Å². The maximum atomic E-state index is 12.5. The first-order valence-corrected chi connectivity index (χ1v) is 7.96. The lowest BCUT2D eigenvalue weighted by atomic mass is 10.1. The van der Waals surface area contributed by atoms with E-state index < -0.39 is 18.2 Å². The van der Waals surface area contributed by atoms with Crippen LogP contribution < -0.4 is 0 Å². The molecule has 7 nitrogen and oxygen atoms in total. The lowest BCUT2D eigenvalue weighted by Gasteiger charge is -2.35. The number of amides is 1. The van der Waals surface area contributed by atoms with Crippen molar-refractivity contribution in [3.05, 3.63) is 11.8 Å². The number of alkyl halides is 3. The zero-order valence-corrected chi connectivity index (χ0v) is 13.1. The van der Waals surface area contributed by atoms with E-state index in [4.69, 9.17) is 4.74 Å². The molecule has 24 heavy (non-hydrogen) atoms. The molecule has 2 aliphatic rings. The highest BCUT2D eigenvalue weighted by molar-refractivity contribution is 5.81. The number of hydrogen-bond acceptors (Lipinski definition) is 6. The molecular formula is C14H19F3N4O3. The summed E-state index contributed by atoms with van der Waals surface area (Å²) in [5.41, 5.74) is 0. The Hall–Kier alpha value is -1.68. The highest BCUT2D eigenvalue weighted by atomic mass is 19.4. The van der Waals surface area contributed by atoms with Crippen molar-refractivity contribution in [2.45, 2.75) is 38.1 Å². The van der Waals surface area contributed by atoms with Gasteiger partial charge < -0.3 is 14.1 Å². The fourth-order valence-electron chi connectivity index (χ4n) is 2.94. The smallest absolute Gasteiger partial charge is 0.416 e. The lowest BCUT2D eigenvalue weighted by Crippen LogP contribution is -2.51. The van der Waals surface area contributed by atoms with Gasteiger partial charge in [-0.25, -0.2) is 0 Å². The normalized spacial score (nSPS) is 23.5. The van der Waals surface area contributed by atoms with Crippen LogP contribution in [0.1, 0.15) is 31.0 Å². The molecule has 3 rings (SSSR count). The van der Waals surface area contributed by atoms with Crippen LogP contribution in [0.4, 0.5) is 13.2 Å². The summed E-state index contributed by atoms with van der Waals surface area (Å²) in [5.74, 6) is -1.53. The van der Waals surface area contributed by atoms with Crippen molar-refractivity contribution in [2.24, 2.45) is 0 Å². The van der Waals surface area contributed by atoms with Crippen molar-refractivity contribution in [3.63, 3.8) is 0 Å². The SMILES string of the molecule is O=C(C1CN(Cc2nnc(C(F)(F)F)o2)CCO1)N1CCCCC1. The number of morpholine rings is 1. The summed E-state index contributed by atoms with van der Waals surface area (Å²) in [7, 11) is 0. The molecular weight excluding hydrogens is 329 g/mol. The summed E-state index contributed by atoms with van der Waals surface area (Å²) in [6, 6.07) is 0. The molecule has 134 valence electrons. The summed E-state index contributed by atoms with van der Waals surface area (Å²) < 4.78 is 47.6. The minimum atomic E-state index is -4.65. The predicted octanol–water partition coefficient (Wildman–Crippen LogP) is 1.30. The number of ether oxygens (including phenoxy) is 1. The second-order valence-electron chi connectivity index (χ2n) is 5.98. The largest absolute Gasteiger partial charge is 0.470 e. The minimum absolute atomic E-state index is 0.0547. The Morgan fingerprint density at radius 3 is 2.58 bits per heavy atom. The summed E-state index contributed by atoms with van der Waals surface area (Å²) in [6.07, 6.45) is -2.14. The number of carbonyl (C=O) groups excluding carboxylic acids is 1. The highest BCUT2D eigenvalue weighted by Crippen LogP contribution is 2.28. The molecule has 0 radical (unpaired) electrons. The first-order chi connectivity index (χ1) is 11.4. The monoisotopic (exact) mass is 348 g/mol. The first-order valence-electron chi connectivity index (χ1n) is 7.96. The molecule has 1 aromatic rings. The van der Waals surface area contributed by atoms with E-state index in [1.165, 1.54) is 0 Å². The standard InChI is InChI=1S/C14H19F3N4O3/c15-14(16,17)13-19-18-11(24-13)9-20-6-7-23-10(8-20)12(22)21-4-2-1-3-5-21/h10H,1-9H2. The zero-order chi connectivity index (χ0) is 17.2. The van der Waals surface area contributed by atoms with E-state index in [1.807, 2.05) is 0 Å². The van der Waals surface area contributed by atoms with Crippen molar-refractivity contribution in [3.8, 4) is 0 Å². The minimum Gasteiger partial charge on any atom is -0.416 e. The quantitative estimate of drug-likeness (QED) is 0.820. The number of likely N-dealkylation sites (tertiary alicyclic amines) is 1. The van der Waals surface area contributed by atoms with Gasteiger partial charge in [0.1, 0.15) is 6.10 Å². The van der Waals surface area contributed by atoms with E-state index in [9.17, 15) is 18.0 Å². The van der Waals surface area contributed by atoms with Gasteiger partial charge in [-0.3, -0.25) is 9.69 Å². The molecule has 2 saturated heterocycles. The Labute approximate surface area is 136 Å². The number of nitrogens with zero attached hydrogens (tertiary/aromatic N) is 4. The van der Waals surface area contributed by atoms with Crippen LogP contribution in [-0.4, -0.2) is 64.8 Å². The molecule has 0 aliphatic carbocycles. The maximum absolute atomic E-state index is 12.5. The van der Waals surface area contributed by atoms with Gasteiger partial charge in [0.15, 0.2) is 0 Å². The maximum Gasteiger partial charge on any atom is 0.470 e. The van der Waals surface area contributed by atoms with Crippen LogP contribution in [0.25, 0.3) is 0 Å². The van der Waals surface area contributed by atoms with E-state index in [-0.39, 0.29) is 18.3 Å². The molecule has 0 N–H and O–H groups in total. The number of rotatable bonds is 3. The average Bonchev–Trinajstić information content (AvgIpc) is 3.04. The number of carbonyl (C=O) groups is 1. The van der Waals surface area contributed by atoms with Gasteiger partial charge >= 0.3 is 12.1 Å². The van der Waals surface area contributed by atoms with Crippen LogP contribution >= 0.6 is 0 Å². The molecule has 1 unspecified atom stereocenters. The highest BCUT2D eigenvalue weighted by Gasteiger charge is 2.38. The molecule has 3 heterocycles. The zero-order valence-electron chi connectivity index (χ0n) is 13.1.